The number of nitriles is 1. The van der Waals surface area contributed by atoms with Gasteiger partial charge in [-0.15, -0.1) is 0 Å². The number of carbonyl (C=O) groups is 1. The fourth-order valence-electron chi connectivity index (χ4n) is 2.37. The van der Waals surface area contributed by atoms with E-state index in [4.69, 9.17) is 11.0 Å². The van der Waals surface area contributed by atoms with Crippen molar-refractivity contribution in [3.8, 4) is 6.07 Å². The Morgan fingerprint density at radius 3 is 2.78 bits per heavy atom. The Labute approximate surface area is 107 Å². The van der Waals surface area contributed by atoms with E-state index in [0.29, 0.717) is 0 Å². The molecule has 1 aromatic rings. The fourth-order valence-corrected chi connectivity index (χ4v) is 2.37. The van der Waals surface area contributed by atoms with Crippen LogP contribution in [0.25, 0.3) is 0 Å². The molecule has 4 heteroatoms. The molecular weight excluding hydrogens is 226 g/mol. The largest absolute Gasteiger partial charge is 0.350 e. The molecule has 1 aliphatic rings. The van der Waals surface area contributed by atoms with Gasteiger partial charge in [0.15, 0.2) is 0 Å². The molecule has 1 aromatic carbocycles. The average Bonchev–Trinajstić information content (AvgIpc) is 2.86. The number of amides is 1. The van der Waals surface area contributed by atoms with E-state index in [2.05, 4.69) is 11.4 Å². The normalized spacial score (nSPS) is 24.2. The Morgan fingerprint density at radius 1 is 1.39 bits per heavy atom. The highest BCUT2D eigenvalue weighted by Crippen LogP contribution is 2.25. The van der Waals surface area contributed by atoms with Gasteiger partial charge in [0, 0.05) is 6.04 Å². The minimum absolute atomic E-state index is 0.0442. The van der Waals surface area contributed by atoms with Crippen molar-refractivity contribution in [3.05, 3.63) is 35.9 Å². The number of nitrogens with two attached hydrogens (primary N) is 1. The molecule has 1 saturated carbocycles. The van der Waals surface area contributed by atoms with E-state index < -0.39 is 6.04 Å². The van der Waals surface area contributed by atoms with Crippen molar-refractivity contribution in [2.45, 2.75) is 31.3 Å². The second-order valence-electron chi connectivity index (χ2n) is 4.67. The van der Waals surface area contributed by atoms with Gasteiger partial charge in [0.25, 0.3) is 0 Å². The maximum Gasteiger partial charge on any atom is 0.241 e. The third-order valence-corrected chi connectivity index (χ3v) is 3.45. The minimum atomic E-state index is -0.661. The minimum Gasteiger partial charge on any atom is -0.350 e. The quantitative estimate of drug-likeness (QED) is 0.844. The summed E-state index contributed by atoms with van der Waals surface area (Å²) in [7, 11) is 0. The molecule has 0 heterocycles. The summed E-state index contributed by atoms with van der Waals surface area (Å²) in [6.45, 7) is 0. The van der Waals surface area contributed by atoms with Crippen LogP contribution in [0.15, 0.2) is 30.3 Å². The van der Waals surface area contributed by atoms with Gasteiger partial charge in [-0.2, -0.15) is 5.26 Å². The lowest BCUT2D eigenvalue weighted by atomic mass is 10.0. The molecule has 0 bridgehead atoms. The van der Waals surface area contributed by atoms with Crippen LogP contribution in [0.1, 0.15) is 30.9 Å². The second kappa shape index (κ2) is 5.65. The number of hydrogen-bond donors (Lipinski definition) is 2. The lowest BCUT2D eigenvalue weighted by Gasteiger charge is -2.19. The predicted octanol–water partition coefficient (Wildman–Crippen LogP) is 1.49. The van der Waals surface area contributed by atoms with Gasteiger partial charge in [-0.25, -0.2) is 0 Å². The molecule has 0 aliphatic heterocycles. The van der Waals surface area contributed by atoms with Crippen LogP contribution in [0.3, 0.4) is 0 Å². The van der Waals surface area contributed by atoms with Crippen molar-refractivity contribution in [2.24, 2.45) is 11.7 Å². The Morgan fingerprint density at radius 2 is 2.11 bits per heavy atom. The summed E-state index contributed by atoms with van der Waals surface area (Å²) in [4.78, 5) is 12.0. The first kappa shape index (κ1) is 12.6. The van der Waals surface area contributed by atoms with Crippen LogP contribution in [0.4, 0.5) is 0 Å². The summed E-state index contributed by atoms with van der Waals surface area (Å²) in [6.07, 6.45) is 2.72. The van der Waals surface area contributed by atoms with Gasteiger partial charge in [-0.05, 0) is 24.8 Å². The number of hydrogen-bond acceptors (Lipinski definition) is 3. The molecule has 3 atom stereocenters. The maximum absolute atomic E-state index is 12.0. The zero-order chi connectivity index (χ0) is 13.0. The number of nitrogens with zero attached hydrogens (tertiary/aromatic N) is 1. The van der Waals surface area contributed by atoms with Crippen molar-refractivity contribution in [3.63, 3.8) is 0 Å². The van der Waals surface area contributed by atoms with Crippen molar-refractivity contribution in [2.75, 3.05) is 0 Å². The summed E-state index contributed by atoms with van der Waals surface area (Å²) in [5.41, 5.74) is 6.70. The van der Waals surface area contributed by atoms with Crippen LogP contribution < -0.4 is 11.1 Å². The Hall–Kier alpha value is -1.86. The Kier molecular flexibility index (Phi) is 3.96. The lowest BCUT2D eigenvalue weighted by molar-refractivity contribution is -0.123. The van der Waals surface area contributed by atoms with E-state index in [1.807, 2.05) is 30.3 Å². The van der Waals surface area contributed by atoms with E-state index in [-0.39, 0.29) is 17.9 Å². The van der Waals surface area contributed by atoms with E-state index in [0.717, 1.165) is 24.8 Å². The van der Waals surface area contributed by atoms with Gasteiger partial charge >= 0.3 is 0 Å². The number of carbonyl (C=O) groups excluding carboxylic acids is 1. The van der Waals surface area contributed by atoms with Crippen LogP contribution in [0.2, 0.25) is 0 Å². The summed E-state index contributed by atoms with van der Waals surface area (Å²) in [6, 6.07) is 10.8. The number of rotatable bonds is 3. The molecule has 1 amide bonds. The zero-order valence-electron chi connectivity index (χ0n) is 10.2. The fraction of sp³-hybridized carbons (Fsp3) is 0.429. The first-order chi connectivity index (χ1) is 8.72. The first-order valence-electron chi connectivity index (χ1n) is 6.23. The standard InChI is InChI=1S/C14H17N3O/c15-9-11-7-4-8-12(11)17-14(18)13(16)10-5-2-1-3-6-10/h1-3,5-6,11-13H,4,7-8,16H2,(H,17,18)/t11?,12?,13-/m1/s1. The SMILES string of the molecule is N#CC1CCCC1NC(=O)[C@H](N)c1ccccc1. The molecule has 4 nitrogen and oxygen atoms in total. The molecule has 0 saturated heterocycles. The van der Waals surface area contributed by atoms with Gasteiger partial charge < -0.3 is 11.1 Å². The highest BCUT2D eigenvalue weighted by Gasteiger charge is 2.29. The maximum atomic E-state index is 12.0. The first-order valence-corrected chi connectivity index (χ1v) is 6.23. The smallest absolute Gasteiger partial charge is 0.241 e. The molecule has 18 heavy (non-hydrogen) atoms. The molecule has 1 fully saturated rings. The van der Waals surface area contributed by atoms with Crippen LogP contribution in [0, 0.1) is 17.2 Å². The van der Waals surface area contributed by atoms with Gasteiger partial charge in [-0.3, -0.25) is 4.79 Å². The van der Waals surface area contributed by atoms with Crippen LogP contribution >= 0.6 is 0 Å². The van der Waals surface area contributed by atoms with Gasteiger partial charge in [0.05, 0.1) is 12.0 Å². The van der Waals surface area contributed by atoms with Gasteiger partial charge in [0.1, 0.15) is 6.04 Å². The molecule has 94 valence electrons. The topological polar surface area (TPSA) is 78.9 Å². The number of benzene rings is 1. The zero-order valence-corrected chi connectivity index (χ0v) is 10.2. The summed E-state index contributed by atoms with van der Waals surface area (Å²) in [5, 5.41) is 11.9. The molecule has 0 aromatic heterocycles. The molecule has 3 N–H and O–H groups in total. The highest BCUT2D eigenvalue weighted by molar-refractivity contribution is 5.83. The third-order valence-electron chi connectivity index (χ3n) is 3.45. The van der Waals surface area contributed by atoms with E-state index in [1.54, 1.807) is 0 Å². The Balaban J connectivity index is 1.98. The van der Waals surface area contributed by atoms with Crippen molar-refractivity contribution >= 4 is 5.91 Å². The van der Waals surface area contributed by atoms with Crippen molar-refractivity contribution in [1.82, 2.24) is 5.32 Å². The predicted molar refractivity (Wildman–Crippen MR) is 68.3 cm³/mol. The van der Waals surface area contributed by atoms with Gasteiger partial charge in [0.2, 0.25) is 5.91 Å². The molecule has 0 radical (unpaired) electrons. The van der Waals surface area contributed by atoms with Crippen LogP contribution in [0.5, 0.6) is 0 Å². The average molecular weight is 243 g/mol. The summed E-state index contributed by atoms with van der Waals surface area (Å²) >= 11 is 0. The van der Waals surface area contributed by atoms with E-state index in [1.165, 1.54) is 0 Å². The molecule has 2 unspecified atom stereocenters. The third kappa shape index (κ3) is 2.69. The summed E-state index contributed by atoms with van der Waals surface area (Å²) < 4.78 is 0. The summed E-state index contributed by atoms with van der Waals surface area (Å²) in [5.74, 6) is -0.273. The van der Waals surface area contributed by atoms with E-state index >= 15 is 0 Å². The molecule has 2 rings (SSSR count). The van der Waals surface area contributed by atoms with Crippen LogP contribution in [-0.2, 0) is 4.79 Å². The van der Waals surface area contributed by atoms with Crippen molar-refractivity contribution < 1.29 is 4.79 Å². The molecular formula is C14H17N3O. The highest BCUT2D eigenvalue weighted by atomic mass is 16.2. The molecule has 0 spiro atoms. The number of nitrogens with one attached hydrogen (secondary N) is 1. The van der Waals surface area contributed by atoms with Crippen molar-refractivity contribution in [1.29, 1.82) is 5.26 Å². The molecule has 1 aliphatic carbocycles. The Bertz CT molecular complexity index is 452. The van der Waals surface area contributed by atoms with E-state index in [9.17, 15) is 4.79 Å². The second-order valence-corrected chi connectivity index (χ2v) is 4.67. The van der Waals surface area contributed by atoms with Crippen LogP contribution in [-0.4, -0.2) is 11.9 Å². The monoisotopic (exact) mass is 243 g/mol. The lowest BCUT2D eigenvalue weighted by Crippen LogP contribution is -2.42. The van der Waals surface area contributed by atoms with Gasteiger partial charge in [-0.1, -0.05) is 30.3 Å².